The maximum Gasteiger partial charge on any atom is 0.217 e. The lowest BCUT2D eigenvalue weighted by Gasteiger charge is -2.02. The van der Waals surface area contributed by atoms with Crippen molar-refractivity contribution in [2.75, 3.05) is 6.61 Å². The average Bonchev–Trinajstić information content (AvgIpc) is 2.48. The number of aromatic nitrogens is 1. The predicted molar refractivity (Wildman–Crippen MR) is 48.3 cm³/mol. The number of rotatable bonds is 1. The normalized spacial score (nSPS) is 13.7. The van der Waals surface area contributed by atoms with Crippen LogP contribution in [-0.4, -0.2) is 11.6 Å². The van der Waals surface area contributed by atoms with Crippen molar-refractivity contribution >= 4 is 16.6 Å². The van der Waals surface area contributed by atoms with E-state index in [9.17, 15) is 4.39 Å². The van der Waals surface area contributed by atoms with Gasteiger partial charge in [-0.25, -0.2) is 9.37 Å². The number of halogens is 2. The van der Waals surface area contributed by atoms with Gasteiger partial charge >= 0.3 is 0 Å². The van der Waals surface area contributed by atoms with Crippen LogP contribution in [0, 0.1) is 5.82 Å². The lowest BCUT2D eigenvalue weighted by Crippen LogP contribution is -1.94. The van der Waals surface area contributed by atoms with Crippen LogP contribution in [0.5, 0.6) is 5.88 Å². The summed E-state index contributed by atoms with van der Waals surface area (Å²) in [5.74, 6) is 0.0300. The molecule has 0 saturated heterocycles. The van der Waals surface area contributed by atoms with Crippen molar-refractivity contribution in [2.45, 2.75) is 6.42 Å². The highest BCUT2D eigenvalue weighted by Gasteiger charge is 2.18. The van der Waals surface area contributed by atoms with Gasteiger partial charge < -0.3 is 4.74 Å². The summed E-state index contributed by atoms with van der Waals surface area (Å²) in [6.07, 6.45) is 0.703. The van der Waals surface area contributed by atoms with E-state index in [1.54, 1.807) is 0 Å². The van der Waals surface area contributed by atoms with Crippen molar-refractivity contribution in [3.8, 4) is 5.88 Å². The zero-order valence-corrected chi connectivity index (χ0v) is 7.57. The van der Waals surface area contributed by atoms with Gasteiger partial charge in [-0.05, 0) is 6.07 Å². The Morgan fingerprint density at radius 3 is 3.15 bits per heavy atom. The molecule has 1 aromatic heterocycles. The smallest absolute Gasteiger partial charge is 0.217 e. The minimum atomic E-state index is -0.441. The highest BCUT2D eigenvalue weighted by atomic mass is 35.5. The summed E-state index contributed by atoms with van der Waals surface area (Å²) in [5, 5.41) is 0.0933. The summed E-state index contributed by atoms with van der Waals surface area (Å²) in [6, 6.07) is 1.40. The predicted octanol–water partition coefficient (Wildman–Crippen LogP) is 2.37. The van der Waals surface area contributed by atoms with Crippen molar-refractivity contribution in [3.63, 3.8) is 0 Å². The van der Waals surface area contributed by atoms with E-state index in [-0.39, 0.29) is 10.7 Å². The van der Waals surface area contributed by atoms with Crippen LogP contribution in [0.3, 0.4) is 0 Å². The molecule has 68 valence electrons. The van der Waals surface area contributed by atoms with E-state index < -0.39 is 5.82 Å². The second-order valence-corrected chi connectivity index (χ2v) is 3.24. The first-order chi connectivity index (χ1) is 6.18. The van der Waals surface area contributed by atoms with Crippen molar-refractivity contribution in [1.29, 1.82) is 0 Å². The van der Waals surface area contributed by atoms with Crippen LogP contribution in [0.25, 0.3) is 5.03 Å². The minimum absolute atomic E-state index is 0.0716. The molecule has 0 N–H and O–H groups in total. The summed E-state index contributed by atoms with van der Waals surface area (Å²) in [7, 11) is 0. The topological polar surface area (TPSA) is 22.1 Å². The number of hydrogen-bond donors (Lipinski definition) is 0. The van der Waals surface area contributed by atoms with Crippen LogP contribution in [0.15, 0.2) is 12.6 Å². The number of ether oxygens (including phenoxy) is 1. The van der Waals surface area contributed by atoms with Crippen LogP contribution in [0.1, 0.15) is 11.3 Å². The molecule has 2 rings (SSSR count). The van der Waals surface area contributed by atoms with E-state index in [1.807, 2.05) is 0 Å². The quantitative estimate of drug-likeness (QED) is 0.693. The standard InChI is InChI=1S/C9H7ClFNO/c1-5(10)8-7(11)4-6-2-3-13-9(6)12-8/h4H,1-3H2. The first-order valence-corrected chi connectivity index (χ1v) is 4.23. The molecule has 2 heterocycles. The second kappa shape index (κ2) is 3.00. The Morgan fingerprint density at radius 1 is 1.69 bits per heavy atom. The molecule has 0 fully saturated rings. The summed E-state index contributed by atoms with van der Waals surface area (Å²) < 4.78 is 18.4. The first-order valence-electron chi connectivity index (χ1n) is 3.85. The van der Waals surface area contributed by atoms with Crippen LogP contribution in [0.4, 0.5) is 4.39 Å². The maximum atomic E-state index is 13.2. The summed E-state index contributed by atoms with van der Waals surface area (Å²) in [6.45, 7) is 3.97. The summed E-state index contributed by atoms with van der Waals surface area (Å²) in [4.78, 5) is 3.92. The Labute approximate surface area is 80.0 Å². The van der Waals surface area contributed by atoms with Gasteiger partial charge in [-0.15, -0.1) is 0 Å². The molecule has 13 heavy (non-hydrogen) atoms. The van der Waals surface area contributed by atoms with Crippen molar-refractivity contribution < 1.29 is 9.13 Å². The van der Waals surface area contributed by atoms with Crippen LogP contribution in [-0.2, 0) is 6.42 Å². The molecule has 0 aromatic carbocycles. The second-order valence-electron chi connectivity index (χ2n) is 2.79. The van der Waals surface area contributed by atoms with E-state index in [1.165, 1.54) is 6.07 Å². The van der Waals surface area contributed by atoms with Gasteiger partial charge in [0, 0.05) is 12.0 Å². The third kappa shape index (κ3) is 1.40. The molecule has 2 nitrogen and oxygen atoms in total. The molecule has 1 aliphatic heterocycles. The van der Waals surface area contributed by atoms with E-state index in [2.05, 4.69) is 11.6 Å². The van der Waals surface area contributed by atoms with Crippen molar-refractivity contribution in [3.05, 3.63) is 29.7 Å². The third-order valence-corrected chi connectivity index (χ3v) is 2.06. The van der Waals surface area contributed by atoms with Gasteiger partial charge in [-0.2, -0.15) is 0 Å². The SMILES string of the molecule is C=C(Cl)c1nc2c(cc1F)CCO2. The Morgan fingerprint density at radius 2 is 2.46 bits per heavy atom. The van der Waals surface area contributed by atoms with E-state index >= 15 is 0 Å². The molecule has 0 spiro atoms. The van der Waals surface area contributed by atoms with E-state index in [4.69, 9.17) is 16.3 Å². The monoisotopic (exact) mass is 199 g/mol. The molecule has 0 bridgehead atoms. The first kappa shape index (κ1) is 8.51. The molecular weight excluding hydrogens is 193 g/mol. The summed E-state index contributed by atoms with van der Waals surface area (Å²) in [5.41, 5.74) is 0.862. The molecule has 0 atom stereocenters. The molecule has 0 unspecified atom stereocenters. The Bertz CT molecular complexity index is 378. The maximum absolute atomic E-state index is 13.2. The lowest BCUT2D eigenvalue weighted by atomic mass is 10.2. The molecule has 0 saturated carbocycles. The van der Waals surface area contributed by atoms with Crippen LogP contribution in [0.2, 0.25) is 0 Å². The molecular formula is C9H7ClFNO. The molecule has 1 aromatic rings. The molecule has 1 aliphatic rings. The molecule has 0 aliphatic carbocycles. The fraction of sp³-hybridized carbons (Fsp3) is 0.222. The Balaban J connectivity index is 2.55. The van der Waals surface area contributed by atoms with Gasteiger partial charge in [0.1, 0.15) is 5.69 Å². The number of nitrogens with zero attached hydrogens (tertiary/aromatic N) is 1. The van der Waals surface area contributed by atoms with Gasteiger partial charge in [0.05, 0.1) is 11.6 Å². The minimum Gasteiger partial charge on any atom is -0.477 e. The van der Waals surface area contributed by atoms with Crippen LogP contribution >= 0.6 is 11.6 Å². The number of pyridine rings is 1. The van der Waals surface area contributed by atoms with Gasteiger partial charge in [-0.3, -0.25) is 0 Å². The lowest BCUT2D eigenvalue weighted by molar-refractivity contribution is 0.344. The zero-order valence-electron chi connectivity index (χ0n) is 6.81. The largest absolute Gasteiger partial charge is 0.477 e. The van der Waals surface area contributed by atoms with Crippen molar-refractivity contribution in [2.24, 2.45) is 0 Å². The zero-order chi connectivity index (χ0) is 9.42. The van der Waals surface area contributed by atoms with Gasteiger partial charge in [0.2, 0.25) is 5.88 Å². The van der Waals surface area contributed by atoms with Gasteiger partial charge in [-0.1, -0.05) is 18.2 Å². The molecule has 0 radical (unpaired) electrons. The Hall–Kier alpha value is -1.09. The number of fused-ring (bicyclic) bond motifs is 1. The third-order valence-electron chi connectivity index (χ3n) is 1.88. The molecule has 4 heteroatoms. The highest BCUT2D eigenvalue weighted by molar-refractivity contribution is 6.48. The van der Waals surface area contributed by atoms with Gasteiger partial charge in [0.15, 0.2) is 5.82 Å². The average molecular weight is 200 g/mol. The highest BCUT2D eigenvalue weighted by Crippen LogP contribution is 2.28. The fourth-order valence-corrected chi connectivity index (χ4v) is 1.39. The van der Waals surface area contributed by atoms with E-state index in [0.717, 1.165) is 5.56 Å². The van der Waals surface area contributed by atoms with Gasteiger partial charge in [0.25, 0.3) is 0 Å². The fourth-order valence-electron chi connectivity index (χ4n) is 1.26. The van der Waals surface area contributed by atoms with Crippen molar-refractivity contribution in [1.82, 2.24) is 4.98 Å². The Kier molecular flexibility index (Phi) is 1.96. The molecule has 0 amide bonds. The van der Waals surface area contributed by atoms with Crippen LogP contribution < -0.4 is 4.74 Å². The van der Waals surface area contributed by atoms with E-state index in [0.29, 0.717) is 18.9 Å². The number of hydrogen-bond acceptors (Lipinski definition) is 2. The summed E-state index contributed by atoms with van der Waals surface area (Å²) >= 11 is 5.56.